The van der Waals surface area contributed by atoms with Crippen molar-refractivity contribution in [3.05, 3.63) is 0 Å². The van der Waals surface area contributed by atoms with Crippen molar-refractivity contribution in [3.63, 3.8) is 0 Å². The zero-order chi connectivity index (χ0) is 14.3. The van der Waals surface area contributed by atoms with Gasteiger partial charge in [-0.3, -0.25) is 0 Å². The molecule has 6 N–H and O–H groups in total. The first-order valence-electron chi connectivity index (χ1n) is 8.12. The number of quaternary nitrogens is 1. The number of carbonyl (C=O) groups is 1. The Morgan fingerprint density at radius 3 is 1.70 bits per heavy atom. The first kappa shape index (κ1) is 21.7. The van der Waals surface area contributed by atoms with Gasteiger partial charge in [0.2, 0.25) is 0 Å². The van der Waals surface area contributed by atoms with Crippen LogP contribution in [0.15, 0.2) is 0 Å². The highest BCUT2D eigenvalue weighted by Gasteiger charge is 1.98. The van der Waals surface area contributed by atoms with Gasteiger partial charge in [-0.05, 0) is 25.7 Å². The molecule has 0 amide bonds. The van der Waals surface area contributed by atoms with Crippen molar-refractivity contribution in [2.75, 3.05) is 0 Å². The predicted octanol–water partition coefficient (Wildman–Crippen LogP) is 3.53. The third kappa shape index (κ3) is 17.4. The number of carboxylic acid groups (broad SMARTS) is 1. The highest BCUT2D eigenvalue weighted by Crippen LogP contribution is 2.12. The second-order valence-corrected chi connectivity index (χ2v) is 5.61. The lowest BCUT2D eigenvalue weighted by Crippen LogP contribution is -2.21. The highest BCUT2D eigenvalue weighted by atomic mass is 16.4. The predicted molar refractivity (Wildman–Crippen MR) is 84.7 cm³/mol. The minimum Gasteiger partial charge on any atom is -0.550 e. The fraction of sp³-hybridized carbons (Fsp3) is 0.938. The molecule has 0 heterocycles. The number of unbranched alkanes of at least 4 members (excludes halogenated alkanes) is 9. The Hall–Kier alpha value is -0.610. The molecule has 0 saturated heterocycles. The van der Waals surface area contributed by atoms with Gasteiger partial charge in [0.15, 0.2) is 0 Å². The lowest BCUT2D eigenvalue weighted by Gasteiger charge is -2.07. The van der Waals surface area contributed by atoms with Gasteiger partial charge in [0.05, 0.1) is 0 Å². The van der Waals surface area contributed by atoms with Gasteiger partial charge >= 0.3 is 0 Å². The monoisotopic (exact) mass is 288 g/mol. The number of carboxylic acids is 1. The summed E-state index contributed by atoms with van der Waals surface area (Å²) in [4.78, 5) is 10.2. The van der Waals surface area contributed by atoms with Crippen molar-refractivity contribution in [2.45, 2.75) is 96.4 Å². The van der Waals surface area contributed by atoms with Crippen LogP contribution in [0.25, 0.3) is 0 Å². The van der Waals surface area contributed by atoms with Crippen LogP contribution in [0.5, 0.6) is 0 Å². The van der Waals surface area contributed by atoms with Gasteiger partial charge in [-0.15, -0.1) is 0 Å². The molecule has 0 aliphatic heterocycles. The Bertz CT molecular complexity index is 211. The second-order valence-electron chi connectivity index (χ2n) is 5.61. The summed E-state index contributed by atoms with van der Waals surface area (Å²) in [5, 5.41) is 10.2. The van der Waals surface area contributed by atoms with E-state index in [0.717, 1.165) is 19.3 Å². The summed E-state index contributed by atoms with van der Waals surface area (Å²) in [6, 6.07) is 0.404. The third-order valence-corrected chi connectivity index (χ3v) is 3.73. The highest BCUT2D eigenvalue weighted by molar-refractivity contribution is 5.63. The van der Waals surface area contributed by atoms with E-state index in [1.165, 1.54) is 57.8 Å². The molecule has 0 bridgehead atoms. The van der Waals surface area contributed by atoms with E-state index in [9.17, 15) is 9.90 Å². The summed E-state index contributed by atoms with van der Waals surface area (Å²) in [6.45, 7) is 2.15. The molecule has 0 saturated carbocycles. The molecule has 1 atom stereocenters. The Morgan fingerprint density at radius 2 is 1.30 bits per heavy atom. The number of hydrogen-bond acceptors (Lipinski definition) is 3. The van der Waals surface area contributed by atoms with Gasteiger partial charge in [0.25, 0.3) is 0 Å². The maximum Gasteiger partial charge on any atom is 0.0414 e. The van der Waals surface area contributed by atoms with Crippen LogP contribution in [0, 0.1) is 0 Å². The maximum absolute atomic E-state index is 10.2. The standard InChI is InChI=1S/C16H33NO2.H3N/c1-2-15(17)13-11-9-7-5-3-4-6-8-10-12-14-16(18)19;/h15H,2-14,17H2,1H3,(H,18,19);1H3. The Kier molecular flexibility index (Phi) is 17.8. The van der Waals surface area contributed by atoms with Crippen molar-refractivity contribution in [3.8, 4) is 0 Å². The van der Waals surface area contributed by atoms with Crippen molar-refractivity contribution in [1.29, 1.82) is 0 Å². The fourth-order valence-electron chi connectivity index (χ4n) is 2.29. The van der Waals surface area contributed by atoms with Crippen LogP contribution in [-0.4, -0.2) is 12.0 Å². The van der Waals surface area contributed by atoms with E-state index in [0.29, 0.717) is 6.04 Å². The average Bonchev–Trinajstić information content (AvgIpc) is 2.39. The number of carbonyl (C=O) groups excluding carboxylic acids is 1. The van der Waals surface area contributed by atoms with E-state index in [2.05, 4.69) is 6.92 Å². The van der Waals surface area contributed by atoms with Crippen molar-refractivity contribution >= 4 is 5.97 Å². The van der Waals surface area contributed by atoms with Crippen LogP contribution in [0.4, 0.5) is 0 Å². The van der Waals surface area contributed by atoms with Crippen LogP contribution in [0.2, 0.25) is 0 Å². The molecule has 0 aliphatic carbocycles. The average molecular weight is 288 g/mol. The summed E-state index contributed by atoms with van der Waals surface area (Å²) < 4.78 is 0. The first-order valence-corrected chi connectivity index (χ1v) is 8.12. The molecular weight excluding hydrogens is 252 g/mol. The smallest absolute Gasteiger partial charge is 0.0414 e. The summed E-state index contributed by atoms with van der Waals surface area (Å²) in [7, 11) is 0. The normalized spacial score (nSPS) is 11.9. The molecule has 0 aromatic carbocycles. The zero-order valence-corrected chi connectivity index (χ0v) is 13.7. The van der Waals surface area contributed by atoms with Crippen LogP contribution in [-0.2, 0) is 4.79 Å². The van der Waals surface area contributed by atoms with Gasteiger partial charge in [0.1, 0.15) is 0 Å². The Balaban J connectivity index is 0. The molecule has 1 unspecified atom stereocenters. The van der Waals surface area contributed by atoms with Gasteiger partial charge in [-0.25, -0.2) is 0 Å². The van der Waals surface area contributed by atoms with E-state index < -0.39 is 5.97 Å². The minimum absolute atomic E-state index is 0. The van der Waals surface area contributed by atoms with Gasteiger partial charge in [-0.2, -0.15) is 0 Å². The van der Waals surface area contributed by atoms with Gasteiger partial charge in [-0.1, -0.05) is 64.7 Å². The number of nitrogens with two attached hydrogens (primary N) is 1. The topological polar surface area (TPSA) is 103 Å². The molecule has 0 aromatic rings. The largest absolute Gasteiger partial charge is 0.550 e. The SMILES string of the molecule is CCC(N)CCCCCCCCCCCCC(=O)[O-].[NH4+]. The van der Waals surface area contributed by atoms with Crippen LogP contribution in [0.1, 0.15) is 90.4 Å². The van der Waals surface area contributed by atoms with Crippen molar-refractivity contribution in [2.24, 2.45) is 5.73 Å². The quantitative estimate of drug-likeness (QED) is 0.478. The summed E-state index contributed by atoms with van der Waals surface area (Å²) >= 11 is 0. The zero-order valence-electron chi connectivity index (χ0n) is 13.7. The molecule has 0 spiro atoms. The maximum atomic E-state index is 10.2. The molecule has 0 radical (unpaired) electrons. The Morgan fingerprint density at radius 1 is 0.900 bits per heavy atom. The number of hydrogen-bond donors (Lipinski definition) is 2. The van der Waals surface area contributed by atoms with Crippen molar-refractivity contribution in [1.82, 2.24) is 6.15 Å². The van der Waals surface area contributed by atoms with Crippen LogP contribution >= 0.6 is 0 Å². The minimum atomic E-state index is -0.914. The van der Waals surface area contributed by atoms with E-state index in [4.69, 9.17) is 5.73 Å². The second kappa shape index (κ2) is 16.4. The van der Waals surface area contributed by atoms with E-state index >= 15 is 0 Å². The number of rotatable bonds is 14. The fourth-order valence-corrected chi connectivity index (χ4v) is 2.29. The summed E-state index contributed by atoms with van der Waals surface area (Å²) in [5.74, 6) is -0.914. The molecule has 0 aliphatic rings. The van der Waals surface area contributed by atoms with Crippen LogP contribution in [0.3, 0.4) is 0 Å². The molecule has 4 nitrogen and oxygen atoms in total. The molecule has 0 aromatic heterocycles. The molecule has 0 rings (SSSR count). The van der Waals surface area contributed by atoms with E-state index in [-0.39, 0.29) is 12.6 Å². The first-order chi connectivity index (χ1) is 9.16. The molecule has 4 heteroatoms. The van der Waals surface area contributed by atoms with Crippen LogP contribution < -0.4 is 17.0 Å². The molecule has 20 heavy (non-hydrogen) atoms. The third-order valence-electron chi connectivity index (χ3n) is 3.73. The Labute approximate surface area is 125 Å². The van der Waals surface area contributed by atoms with E-state index in [1.807, 2.05) is 0 Å². The molecular formula is C16H36N2O2. The lowest BCUT2D eigenvalue weighted by atomic mass is 10.0. The summed E-state index contributed by atoms with van der Waals surface area (Å²) in [5.41, 5.74) is 5.87. The van der Waals surface area contributed by atoms with Crippen molar-refractivity contribution < 1.29 is 9.90 Å². The summed E-state index contributed by atoms with van der Waals surface area (Å²) in [6.07, 6.45) is 14.6. The van der Waals surface area contributed by atoms with Gasteiger partial charge < -0.3 is 21.8 Å². The van der Waals surface area contributed by atoms with E-state index in [1.54, 1.807) is 0 Å². The molecule has 122 valence electrons. The number of aliphatic carboxylic acids is 1. The molecule has 0 fully saturated rings. The lowest BCUT2D eigenvalue weighted by molar-refractivity contribution is -0.305. The van der Waals surface area contributed by atoms with Gasteiger partial charge in [0, 0.05) is 12.0 Å².